The molecule has 1 N–H and O–H groups in total. The van der Waals surface area contributed by atoms with E-state index in [1.54, 1.807) is 25.7 Å². The first-order valence-electron chi connectivity index (χ1n) is 10.7. The molecule has 1 fully saturated rings. The lowest BCUT2D eigenvalue weighted by Gasteiger charge is -2.44. The van der Waals surface area contributed by atoms with Gasteiger partial charge in [-0.15, -0.1) is 0 Å². The lowest BCUT2D eigenvalue weighted by molar-refractivity contribution is -0.138. The summed E-state index contributed by atoms with van der Waals surface area (Å²) in [5.74, 6) is 0.391. The number of hydrogen-bond donors (Lipinski definition) is 1. The van der Waals surface area contributed by atoms with Gasteiger partial charge in [-0.3, -0.25) is 4.79 Å². The van der Waals surface area contributed by atoms with Crippen LogP contribution in [-0.2, 0) is 20.4 Å². The Kier molecular flexibility index (Phi) is 7.55. The van der Waals surface area contributed by atoms with Gasteiger partial charge in [0.1, 0.15) is 12.2 Å². The molecule has 0 spiro atoms. The van der Waals surface area contributed by atoms with Gasteiger partial charge in [-0.25, -0.2) is 9.78 Å². The number of carbonyl (C=O) groups excluding carboxylic acids is 2. The van der Waals surface area contributed by atoms with Crippen molar-refractivity contribution in [3.05, 3.63) is 17.8 Å². The van der Waals surface area contributed by atoms with Crippen molar-refractivity contribution in [3.63, 3.8) is 0 Å². The monoisotopic (exact) mass is 474 g/mol. The van der Waals surface area contributed by atoms with Crippen molar-refractivity contribution in [1.82, 2.24) is 15.2 Å². The van der Waals surface area contributed by atoms with Crippen LogP contribution >= 0.6 is 0 Å². The van der Waals surface area contributed by atoms with Crippen molar-refractivity contribution >= 4 is 17.8 Å². The minimum atomic E-state index is -4.48. The van der Waals surface area contributed by atoms with Gasteiger partial charge in [0.05, 0.1) is 31.2 Å². The molecule has 1 unspecified atom stereocenters. The second-order valence-electron chi connectivity index (χ2n) is 8.83. The Morgan fingerprint density at radius 3 is 2.70 bits per heavy atom. The fourth-order valence-electron chi connectivity index (χ4n) is 3.56. The topological polar surface area (TPSA) is 93.2 Å². The van der Waals surface area contributed by atoms with Gasteiger partial charge in [-0.05, 0) is 26.8 Å². The normalized spacial score (nSPS) is 18.2. The van der Waals surface area contributed by atoms with E-state index in [2.05, 4.69) is 10.3 Å². The van der Waals surface area contributed by atoms with Gasteiger partial charge < -0.3 is 29.3 Å². The van der Waals surface area contributed by atoms with Gasteiger partial charge in [0, 0.05) is 32.4 Å². The molecule has 1 aromatic rings. The van der Waals surface area contributed by atoms with E-state index in [-0.39, 0.29) is 50.5 Å². The van der Waals surface area contributed by atoms with Crippen molar-refractivity contribution in [2.75, 3.05) is 50.9 Å². The van der Waals surface area contributed by atoms with E-state index in [4.69, 9.17) is 14.2 Å². The van der Waals surface area contributed by atoms with Crippen LogP contribution in [0, 0.1) is 0 Å². The third kappa shape index (κ3) is 6.86. The first-order valence-corrected chi connectivity index (χ1v) is 10.7. The number of piperazine rings is 1. The SMILES string of the molecule is CC(C)(C)OC(=O)NCCOCCC(=O)N1CCN2c3ncc(C(F)(F)F)cc3OCC2C1. The number of nitrogens with one attached hydrogen (secondary N) is 1. The summed E-state index contributed by atoms with van der Waals surface area (Å²) in [4.78, 5) is 31.6. The quantitative estimate of drug-likeness (QED) is 0.633. The number of ether oxygens (including phenoxy) is 3. The third-order valence-electron chi connectivity index (χ3n) is 5.07. The number of alkyl carbamates (subject to hydrolysis) is 1. The summed E-state index contributed by atoms with van der Waals surface area (Å²) in [5, 5.41) is 2.57. The van der Waals surface area contributed by atoms with Crippen molar-refractivity contribution < 1.29 is 37.0 Å². The van der Waals surface area contributed by atoms with E-state index in [1.807, 2.05) is 4.90 Å². The zero-order valence-corrected chi connectivity index (χ0v) is 18.9. The molecule has 3 rings (SSSR count). The molecule has 0 aromatic carbocycles. The second-order valence-corrected chi connectivity index (χ2v) is 8.83. The van der Waals surface area contributed by atoms with E-state index in [0.29, 0.717) is 25.5 Å². The number of hydrogen-bond acceptors (Lipinski definition) is 7. The van der Waals surface area contributed by atoms with Crippen LogP contribution in [0.1, 0.15) is 32.8 Å². The Bertz CT molecular complexity index is 859. The first kappa shape index (κ1) is 24.9. The molecule has 0 radical (unpaired) electrons. The van der Waals surface area contributed by atoms with Gasteiger partial charge in [-0.1, -0.05) is 0 Å². The molecule has 2 aliphatic rings. The summed E-state index contributed by atoms with van der Waals surface area (Å²) in [6, 6.07) is 0.781. The molecule has 1 aromatic heterocycles. The van der Waals surface area contributed by atoms with Gasteiger partial charge in [0.15, 0.2) is 11.6 Å². The maximum atomic E-state index is 12.9. The van der Waals surface area contributed by atoms with Crippen molar-refractivity contribution in [1.29, 1.82) is 0 Å². The van der Waals surface area contributed by atoms with Gasteiger partial charge in [0.2, 0.25) is 5.91 Å². The fraction of sp³-hybridized carbons (Fsp3) is 0.667. The number of alkyl halides is 3. The van der Waals surface area contributed by atoms with Crippen LogP contribution in [0.4, 0.5) is 23.8 Å². The summed E-state index contributed by atoms with van der Waals surface area (Å²) < 4.78 is 54.8. The summed E-state index contributed by atoms with van der Waals surface area (Å²) in [6.07, 6.45) is -4.03. The zero-order valence-electron chi connectivity index (χ0n) is 18.9. The largest absolute Gasteiger partial charge is 0.487 e. The molecule has 0 saturated carbocycles. The Morgan fingerprint density at radius 1 is 1.24 bits per heavy atom. The smallest absolute Gasteiger partial charge is 0.418 e. The number of pyridine rings is 1. The molecule has 0 bridgehead atoms. The lowest BCUT2D eigenvalue weighted by atomic mass is 10.1. The van der Waals surface area contributed by atoms with Crippen LogP contribution in [0.5, 0.6) is 5.75 Å². The standard InChI is InChI=1S/C21H29F3N4O5/c1-20(2,3)33-19(30)25-5-9-31-8-4-17(29)27-6-7-28-15(12-27)13-32-16-10-14(21(22,23)24)11-26-18(16)28/h10-11,15H,4-9,12-13H2,1-3H3,(H,25,30). The highest BCUT2D eigenvalue weighted by Gasteiger charge is 2.38. The van der Waals surface area contributed by atoms with Crippen molar-refractivity contribution in [2.45, 2.75) is 45.0 Å². The lowest BCUT2D eigenvalue weighted by Crippen LogP contribution is -2.58. The Balaban J connectivity index is 1.40. The number of amides is 2. The van der Waals surface area contributed by atoms with Crippen LogP contribution in [-0.4, -0.2) is 79.5 Å². The molecule has 9 nitrogen and oxygen atoms in total. The Hall–Kier alpha value is -2.76. The maximum absolute atomic E-state index is 12.9. The highest BCUT2D eigenvalue weighted by atomic mass is 19.4. The van der Waals surface area contributed by atoms with Crippen LogP contribution in [0.15, 0.2) is 12.3 Å². The molecule has 2 aliphatic heterocycles. The van der Waals surface area contributed by atoms with Crippen LogP contribution < -0.4 is 15.0 Å². The zero-order chi connectivity index (χ0) is 24.2. The number of halogens is 3. The fourth-order valence-corrected chi connectivity index (χ4v) is 3.56. The number of carbonyl (C=O) groups is 2. The Labute approximate surface area is 190 Å². The highest BCUT2D eigenvalue weighted by Crippen LogP contribution is 2.38. The summed E-state index contributed by atoms with van der Waals surface area (Å²) in [5.41, 5.74) is -1.43. The molecular weight excluding hydrogens is 445 g/mol. The van der Waals surface area contributed by atoms with Crippen molar-refractivity contribution in [3.8, 4) is 5.75 Å². The first-order chi connectivity index (χ1) is 15.4. The molecule has 184 valence electrons. The number of aromatic nitrogens is 1. The molecule has 3 heterocycles. The molecule has 12 heteroatoms. The third-order valence-corrected chi connectivity index (χ3v) is 5.07. The summed E-state index contributed by atoms with van der Waals surface area (Å²) >= 11 is 0. The van der Waals surface area contributed by atoms with Gasteiger partial charge in [-0.2, -0.15) is 13.2 Å². The van der Waals surface area contributed by atoms with E-state index < -0.39 is 23.4 Å². The second kappa shape index (κ2) is 10.0. The number of nitrogens with zero attached hydrogens (tertiary/aromatic N) is 3. The van der Waals surface area contributed by atoms with E-state index in [1.165, 1.54) is 0 Å². The summed E-state index contributed by atoms with van der Waals surface area (Å²) in [7, 11) is 0. The minimum absolute atomic E-state index is 0.0825. The number of fused-ring (bicyclic) bond motifs is 3. The number of rotatable bonds is 6. The Morgan fingerprint density at radius 2 is 2.00 bits per heavy atom. The van der Waals surface area contributed by atoms with Crippen LogP contribution in [0.3, 0.4) is 0 Å². The van der Waals surface area contributed by atoms with Gasteiger partial charge in [0.25, 0.3) is 0 Å². The predicted molar refractivity (Wildman–Crippen MR) is 112 cm³/mol. The van der Waals surface area contributed by atoms with E-state index in [9.17, 15) is 22.8 Å². The minimum Gasteiger partial charge on any atom is -0.487 e. The predicted octanol–water partition coefficient (Wildman–Crippen LogP) is 2.44. The molecule has 1 saturated heterocycles. The highest BCUT2D eigenvalue weighted by molar-refractivity contribution is 5.77. The molecule has 0 aliphatic carbocycles. The summed E-state index contributed by atoms with van der Waals surface area (Å²) in [6.45, 7) is 7.48. The van der Waals surface area contributed by atoms with E-state index in [0.717, 1.165) is 12.3 Å². The van der Waals surface area contributed by atoms with Crippen LogP contribution in [0.25, 0.3) is 0 Å². The maximum Gasteiger partial charge on any atom is 0.418 e. The van der Waals surface area contributed by atoms with Crippen LogP contribution in [0.2, 0.25) is 0 Å². The van der Waals surface area contributed by atoms with Gasteiger partial charge >= 0.3 is 12.3 Å². The molecular formula is C21H29F3N4O5. The van der Waals surface area contributed by atoms with E-state index >= 15 is 0 Å². The average Bonchev–Trinajstić information content (AvgIpc) is 2.73. The molecule has 1 atom stereocenters. The van der Waals surface area contributed by atoms with Crippen molar-refractivity contribution in [2.24, 2.45) is 0 Å². The average molecular weight is 474 g/mol. The molecule has 2 amide bonds. The molecule has 33 heavy (non-hydrogen) atoms. The number of anilines is 1.